The molecule has 0 amide bonds. The maximum atomic E-state index is 8.25. The van der Waals surface area contributed by atoms with Gasteiger partial charge in [0.05, 0.1) is 0 Å². The van der Waals surface area contributed by atoms with Gasteiger partial charge in [-0.05, 0) is 0 Å². The van der Waals surface area contributed by atoms with Gasteiger partial charge >= 0.3 is 0 Å². The van der Waals surface area contributed by atoms with Gasteiger partial charge in [0.1, 0.15) is 0 Å². The molecule has 0 bridgehead atoms. The first-order valence-corrected chi connectivity index (χ1v) is 2.83. The molecule has 0 saturated carbocycles. The van der Waals surface area contributed by atoms with E-state index in [2.05, 4.69) is 0 Å². The predicted molar refractivity (Wildman–Crippen MR) is 36.4 cm³/mol. The van der Waals surface area contributed by atoms with E-state index in [1.165, 1.54) is 0 Å². The fourth-order valence-electron chi connectivity index (χ4n) is 0. The molecule has 0 atom stereocenters. The number of carbonyl (C=O) groups is 6. The first-order chi connectivity index (χ1) is 8.49. The smallest absolute Gasteiger partial charge is 0.0275 e. The average molecular weight is 366 g/mol. The van der Waals surface area contributed by atoms with Crippen molar-refractivity contribution in [2.24, 2.45) is 0 Å². The van der Waals surface area contributed by atoms with Gasteiger partial charge in [0.15, 0.2) is 0 Å². The van der Waals surface area contributed by atoms with Crippen molar-refractivity contribution in [2.45, 2.75) is 0 Å². The van der Waals surface area contributed by atoms with Gasteiger partial charge in [-0.3, -0.25) is 0 Å². The van der Waals surface area contributed by atoms with Gasteiger partial charge in [-0.25, -0.2) is 0 Å². The molecule has 0 aromatic heterocycles. The van der Waals surface area contributed by atoms with Crippen molar-refractivity contribution in [1.82, 2.24) is 0 Å². The molecule has 0 rings (SSSR count). The van der Waals surface area contributed by atoms with Gasteiger partial charge in [-0.15, -0.1) is 0 Å². The van der Waals surface area contributed by atoms with Gasteiger partial charge in [0.25, 0.3) is 0 Å². The van der Waals surface area contributed by atoms with Crippen molar-refractivity contribution in [3.8, 4) is 0 Å². The standard InChI is InChI=1S/6CH2O2.Mo/c6*2-1-3;/h6*1H,(H,2,3);/p-6. The van der Waals surface area contributed by atoms with Crippen LogP contribution >= 0.6 is 0 Å². The number of carboxylic acid groups (broad SMARTS) is 6. The molecule has 0 heterocycles. The molecule has 0 radical (unpaired) electrons. The zero-order chi connectivity index (χ0) is 16.2. The van der Waals surface area contributed by atoms with Crippen LogP contribution in [0.5, 0.6) is 0 Å². The minimum Gasteiger partial charge on any atom is -0.554 e. The Morgan fingerprint density at radius 2 is 0.368 bits per heavy atom. The van der Waals surface area contributed by atoms with Crippen LogP contribution in [-0.2, 0) is 49.8 Å². The van der Waals surface area contributed by atoms with E-state index in [1.54, 1.807) is 0 Å². The quantitative estimate of drug-likeness (QED) is 0.286. The third-order valence-corrected chi connectivity index (χ3v) is 0. The molecule has 0 aliphatic heterocycles. The molecule has 0 aliphatic rings. The summed E-state index contributed by atoms with van der Waals surface area (Å²) in [5.74, 6) is 0. The SMILES string of the molecule is O=C[O-].O=C[O-].O=C[O-].O=C[O-].O=C[O-].O=C[O-].[Mo]. The van der Waals surface area contributed by atoms with Crippen LogP contribution in [0, 0.1) is 0 Å². The van der Waals surface area contributed by atoms with Crippen LogP contribution in [-0.4, -0.2) is 38.8 Å². The zero-order valence-electron chi connectivity index (χ0n) is 8.77. The largest absolute Gasteiger partial charge is 0.554 e. The van der Waals surface area contributed by atoms with Crippen LogP contribution in [0.15, 0.2) is 0 Å². The molecule has 13 heteroatoms. The van der Waals surface area contributed by atoms with E-state index in [1.807, 2.05) is 0 Å². The molecule has 0 spiro atoms. The minimum absolute atomic E-state index is 0. The van der Waals surface area contributed by atoms with E-state index in [0.717, 1.165) is 0 Å². The molecule has 0 aromatic rings. The first kappa shape index (κ1) is 43.9. The summed E-state index contributed by atoms with van der Waals surface area (Å²) in [6, 6.07) is 0. The molecule has 12 nitrogen and oxygen atoms in total. The fourth-order valence-corrected chi connectivity index (χ4v) is 0. The molecular formula is C6H6MoO12-6. The van der Waals surface area contributed by atoms with Gasteiger partial charge in [-0.2, -0.15) is 0 Å². The Morgan fingerprint density at radius 3 is 0.368 bits per heavy atom. The molecule has 0 fully saturated rings. The topological polar surface area (TPSA) is 241 Å². The number of rotatable bonds is 0. The number of hydrogen-bond donors (Lipinski definition) is 0. The monoisotopic (exact) mass is 368 g/mol. The van der Waals surface area contributed by atoms with E-state index >= 15 is 0 Å². The van der Waals surface area contributed by atoms with Crippen molar-refractivity contribution in [2.75, 3.05) is 0 Å². The molecule has 0 aromatic carbocycles. The third-order valence-electron chi connectivity index (χ3n) is 0. The van der Waals surface area contributed by atoms with Crippen LogP contribution in [0.1, 0.15) is 0 Å². The second-order valence-corrected chi connectivity index (χ2v) is 0.577. The van der Waals surface area contributed by atoms with Crippen molar-refractivity contribution >= 4 is 38.8 Å². The summed E-state index contributed by atoms with van der Waals surface area (Å²) in [7, 11) is 0. The minimum atomic E-state index is -0.500. The fraction of sp³-hybridized carbons (Fsp3) is 0. The zero-order valence-corrected chi connectivity index (χ0v) is 10.8. The Hall–Kier alpha value is -2.49. The first-order valence-electron chi connectivity index (χ1n) is 2.83. The molecule has 0 N–H and O–H groups in total. The van der Waals surface area contributed by atoms with Crippen LogP contribution in [0.4, 0.5) is 0 Å². The Bertz CT molecular complexity index is 114. The van der Waals surface area contributed by atoms with Crippen LogP contribution in [0.3, 0.4) is 0 Å². The Labute approximate surface area is 120 Å². The van der Waals surface area contributed by atoms with Gasteiger partial charge in [-0.1, -0.05) is 0 Å². The molecule has 19 heavy (non-hydrogen) atoms. The van der Waals surface area contributed by atoms with Crippen LogP contribution < -0.4 is 30.6 Å². The average Bonchev–Trinajstić information content (AvgIpc) is 2.23. The van der Waals surface area contributed by atoms with E-state index in [0.29, 0.717) is 0 Å². The van der Waals surface area contributed by atoms with Crippen LogP contribution in [0.2, 0.25) is 0 Å². The molecule has 0 saturated heterocycles. The van der Waals surface area contributed by atoms with E-state index in [-0.39, 0.29) is 21.1 Å². The summed E-state index contributed by atoms with van der Waals surface area (Å²) >= 11 is 0. The molecule has 0 aliphatic carbocycles. The Kier molecular flexibility index (Phi) is 613. The van der Waals surface area contributed by atoms with E-state index in [9.17, 15) is 0 Å². The van der Waals surface area contributed by atoms with Gasteiger partial charge in [0.2, 0.25) is 0 Å². The number of carbonyl (C=O) groups excluding carboxylic acids is 6. The van der Waals surface area contributed by atoms with E-state index < -0.39 is 38.8 Å². The van der Waals surface area contributed by atoms with Crippen molar-refractivity contribution in [3.63, 3.8) is 0 Å². The third kappa shape index (κ3) is 456. The summed E-state index contributed by atoms with van der Waals surface area (Å²) in [4.78, 5) is 49.5. The van der Waals surface area contributed by atoms with Crippen molar-refractivity contribution < 1.29 is 80.5 Å². The van der Waals surface area contributed by atoms with Crippen molar-refractivity contribution in [1.29, 1.82) is 0 Å². The molecule has 114 valence electrons. The molecular weight excluding hydrogens is 360 g/mol. The van der Waals surface area contributed by atoms with Gasteiger partial charge in [0, 0.05) is 59.9 Å². The van der Waals surface area contributed by atoms with Crippen LogP contribution in [0.25, 0.3) is 0 Å². The van der Waals surface area contributed by atoms with E-state index in [4.69, 9.17) is 59.4 Å². The second-order valence-electron chi connectivity index (χ2n) is 0.577. The second kappa shape index (κ2) is 265. The Morgan fingerprint density at radius 1 is 0.368 bits per heavy atom. The Balaban J connectivity index is -0.0000000180. The van der Waals surface area contributed by atoms with Crippen molar-refractivity contribution in [3.05, 3.63) is 0 Å². The normalized spacial score (nSPS) is 3.79. The number of hydrogen-bond acceptors (Lipinski definition) is 12. The maximum absolute atomic E-state index is 8.25. The predicted octanol–water partition coefficient (Wildman–Crippen LogP) is -9.81. The maximum Gasteiger partial charge on any atom is 0.0275 e. The summed E-state index contributed by atoms with van der Waals surface area (Å²) in [6.45, 7) is -3.00. The summed E-state index contributed by atoms with van der Waals surface area (Å²) in [5, 5.41) is 49.5. The molecule has 0 unspecified atom stereocenters. The summed E-state index contributed by atoms with van der Waals surface area (Å²) in [6.07, 6.45) is 0. The summed E-state index contributed by atoms with van der Waals surface area (Å²) in [5.41, 5.74) is 0. The van der Waals surface area contributed by atoms with Gasteiger partial charge < -0.3 is 59.4 Å². The summed E-state index contributed by atoms with van der Waals surface area (Å²) < 4.78 is 0.